The minimum absolute atomic E-state index is 0.114. The van der Waals surface area contributed by atoms with Gasteiger partial charge in [0.25, 0.3) is 0 Å². The van der Waals surface area contributed by atoms with Crippen molar-refractivity contribution in [1.82, 2.24) is 0 Å². The highest BCUT2D eigenvalue weighted by Gasteiger charge is 2.44. The van der Waals surface area contributed by atoms with E-state index in [0.717, 1.165) is 42.6 Å². The number of para-hydroxylation sites is 1. The second kappa shape index (κ2) is 9.70. The summed E-state index contributed by atoms with van der Waals surface area (Å²) >= 11 is 0. The predicted molar refractivity (Wildman–Crippen MR) is 135 cm³/mol. The van der Waals surface area contributed by atoms with Crippen LogP contribution in [0.4, 0.5) is 10.1 Å². The van der Waals surface area contributed by atoms with Crippen molar-refractivity contribution in [2.75, 3.05) is 18.0 Å². The number of halogens is 1. The number of rotatable bonds is 8. The maximum Gasteiger partial charge on any atom is 0.307 e. The lowest BCUT2D eigenvalue weighted by Gasteiger charge is -2.34. The van der Waals surface area contributed by atoms with E-state index < -0.39 is 5.97 Å². The van der Waals surface area contributed by atoms with Crippen molar-refractivity contribution in [2.45, 2.75) is 45.3 Å². The van der Waals surface area contributed by atoms with Crippen LogP contribution in [0.15, 0.2) is 60.7 Å². The number of nitrogens with zero attached hydrogens (tertiary/aromatic N) is 1. The lowest BCUT2D eigenvalue weighted by Crippen LogP contribution is -2.35. The Kier molecular flexibility index (Phi) is 6.48. The molecule has 3 N–H and O–H groups in total. The Balaban J connectivity index is 1.47. The van der Waals surface area contributed by atoms with Gasteiger partial charge < -0.3 is 20.5 Å². The maximum absolute atomic E-state index is 16.0. The summed E-state index contributed by atoms with van der Waals surface area (Å²) in [5.74, 6) is -0.604. The molecule has 0 amide bonds. The zero-order chi connectivity index (χ0) is 24.4. The number of ether oxygens (including phenoxy) is 1. The van der Waals surface area contributed by atoms with E-state index >= 15 is 4.39 Å². The van der Waals surface area contributed by atoms with E-state index in [0.29, 0.717) is 34.5 Å². The van der Waals surface area contributed by atoms with E-state index in [2.05, 4.69) is 4.90 Å². The Morgan fingerprint density at radius 2 is 1.77 bits per heavy atom. The SMILES string of the molecule is NCc1cccc(-c2cc(COc3ccccc3CC(=O)O)cc(N3CCC4(CC3)CC4)c2F)c1. The summed E-state index contributed by atoms with van der Waals surface area (Å²) in [4.78, 5) is 13.4. The fourth-order valence-electron chi connectivity index (χ4n) is 5.07. The standard InChI is InChI=1S/C29H31FN2O3/c30-28-24(22-6-3-4-20(14-22)18-31)15-21(16-25(28)32-12-10-29(8-9-29)11-13-32)19-35-26-7-2-1-5-23(26)17-27(33)34/h1-7,14-16H,8-13,17-19,31H2,(H,33,34). The number of carboxylic acids is 1. The Hall–Kier alpha value is -3.38. The fraction of sp³-hybridized carbons (Fsp3) is 0.345. The largest absolute Gasteiger partial charge is 0.489 e. The molecule has 2 fully saturated rings. The highest BCUT2D eigenvalue weighted by atomic mass is 19.1. The smallest absolute Gasteiger partial charge is 0.307 e. The highest BCUT2D eigenvalue weighted by Crippen LogP contribution is 2.54. The average Bonchev–Trinajstić information content (AvgIpc) is 3.63. The van der Waals surface area contributed by atoms with Crippen LogP contribution in [0.25, 0.3) is 11.1 Å². The second-order valence-corrected chi connectivity index (χ2v) is 9.83. The first kappa shape index (κ1) is 23.4. The van der Waals surface area contributed by atoms with Gasteiger partial charge in [0.2, 0.25) is 0 Å². The Bertz CT molecular complexity index is 1230. The molecule has 1 heterocycles. The van der Waals surface area contributed by atoms with Gasteiger partial charge in [0.15, 0.2) is 5.82 Å². The summed E-state index contributed by atoms with van der Waals surface area (Å²) in [5, 5.41) is 9.22. The van der Waals surface area contributed by atoms with Gasteiger partial charge in [-0.3, -0.25) is 4.79 Å². The van der Waals surface area contributed by atoms with Crippen molar-refractivity contribution in [3.8, 4) is 16.9 Å². The van der Waals surface area contributed by atoms with Crippen LogP contribution in [-0.2, 0) is 24.4 Å². The Labute approximate surface area is 205 Å². The fourth-order valence-corrected chi connectivity index (χ4v) is 5.07. The molecule has 0 aromatic heterocycles. The van der Waals surface area contributed by atoms with Gasteiger partial charge in [-0.15, -0.1) is 0 Å². The molecule has 1 saturated heterocycles. The number of hydrogen-bond donors (Lipinski definition) is 2. The van der Waals surface area contributed by atoms with Crippen molar-refractivity contribution < 1.29 is 19.0 Å². The van der Waals surface area contributed by atoms with Crippen molar-refractivity contribution in [2.24, 2.45) is 11.1 Å². The number of piperidine rings is 1. The van der Waals surface area contributed by atoms with Crippen molar-refractivity contribution in [3.05, 3.63) is 83.2 Å². The van der Waals surface area contributed by atoms with Gasteiger partial charge in [-0.2, -0.15) is 0 Å². The predicted octanol–water partition coefficient (Wildman–Crippen LogP) is 5.54. The van der Waals surface area contributed by atoms with E-state index in [-0.39, 0.29) is 18.8 Å². The van der Waals surface area contributed by atoms with Crippen LogP contribution < -0.4 is 15.4 Å². The first-order chi connectivity index (χ1) is 17.0. The van der Waals surface area contributed by atoms with E-state index in [1.807, 2.05) is 42.5 Å². The summed E-state index contributed by atoms with van der Waals surface area (Å²) in [7, 11) is 0. The molecule has 0 bridgehead atoms. The van der Waals surface area contributed by atoms with Crippen LogP contribution in [-0.4, -0.2) is 24.2 Å². The van der Waals surface area contributed by atoms with Gasteiger partial charge >= 0.3 is 5.97 Å². The molecule has 0 atom stereocenters. The number of hydrogen-bond acceptors (Lipinski definition) is 4. The Morgan fingerprint density at radius 3 is 2.49 bits per heavy atom. The van der Waals surface area contributed by atoms with Crippen LogP contribution in [0.5, 0.6) is 5.75 Å². The number of nitrogens with two attached hydrogens (primary N) is 1. The molecule has 182 valence electrons. The average molecular weight is 475 g/mol. The molecule has 35 heavy (non-hydrogen) atoms. The quantitative estimate of drug-likeness (QED) is 0.448. The van der Waals surface area contributed by atoms with Gasteiger partial charge in [-0.05, 0) is 72.1 Å². The van der Waals surface area contributed by atoms with Gasteiger partial charge in [0.05, 0.1) is 12.1 Å². The third-order valence-corrected chi connectivity index (χ3v) is 7.42. The van der Waals surface area contributed by atoms with Crippen LogP contribution in [0.3, 0.4) is 0 Å². The molecule has 1 aliphatic carbocycles. The van der Waals surface area contributed by atoms with Crippen LogP contribution in [0.2, 0.25) is 0 Å². The van der Waals surface area contributed by atoms with Gasteiger partial charge in [0, 0.05) is 30.8 Å². The Morgan fingerprint density at radius 1 is 1.00 bits per heavy atom. The molecule has 2 aliphatic rings. The molecule has 3 aromatic rings. The number of anilines is 1. The first-order valence-corrected chi connectivity index (χ1v) is 12.3. The molecule has 1 aliphatic heterocycles. The summed E-state index contributed by atoms with van der Waals surface area (Å²) in [6.45, 7) is 2.31. The summed E-state index contributed by atoms with van der Waals surface area (Å²) < 4.78 is 22.0. The van der Waals surface area contributed by atoms with E-state index in [1.54, 1.807) is 18.2 Å². The molecule has 6 heteroatoms. The van der Waals surface area contributed by atoms with E-state index in [4.69, 9.17) is 10.5 Å². The zero-order valence-corrected chi connectivity index (χ0v) is 19.8. The maximum atomic E-state index is 16.0. The minimum atomic E-state index is -0.911. The summed E-state index contributed by atoms with van der Waals surface area (Å²) in [6.07, 6.45) is 4.69. The molecule has 5 rings (SSSR count). The highest BCUT2D eigenvalue weighted by molar-refractivity contribution is 5.72. The molecule has 1 saturated carbocycles. The third-order valence-electron chi connectivity index (χ3n) is 7.42. The van der Waals surface area contributed by atoms with Gasteiger partial charge in [-0.25, -0.2) is 4.39 Å². The van der Waals surface area contributed by atoms with Crippen molar-refractivity contribution in [1.29, 1.82) is 0 Å². The molecule has 0 unspecified atom stereocenters. The van der Waals surface area contributed by atoms with Crippen molar-refractivity contribution in [3.63, 3.8) is 0 Å². The number of benzene rings is 3. The number of carbonyl (C=O) groups is 1. The molecular weight excluding hydrogens is 443 g/mol. The van der Waals surface area contributed by atoms with Gasteiger partial charge in [0.1, 0.15) is 12.4 Å². The normalized spacial score (nSPS) is 16.3. The van der Waals surface area contributed by atoms with E-state index in [9.17, 15) is 9.90 Å². The lowest BCUT2D eigenvalue weighted by atomic mass is 9.92. The van der Waals surface area contributed by atoms with Crippen LogP contribution in [0.1, 0.15) is 42.4 Å². The van der Waals surface area contributed by atoms with E-state index in [1.165, 1.54) is 12.8 Å². The molecule has 1 spiro atoms. The molecule has 0 radical (unpaired) electrons. The zero-order valence-electron chi connectivity index (χ0n) is 19.8. The van der Waals surface area contributed by atoms with Crippen LogP contribution >= 0.6 is 0 Å². The number of carboxylic acid groups (broad SMARTS) is 1. The monoisotopic (exact) mass is 474 g/mol. The number of aliphatic carboxylic acids is 1. The second-order valence-electron chi connectivity index (χ2n) is 9.83. The van der Waals surface area contributed by atoms with Gasteiger partial charge in [-0.1, -0.05) is 36.4 Å². The molecule has 3 aromatic carbocycles. The molecule has 5 nitrogen and oxygen atoms in total. The van der Waals surface area contributed by atoms with Crippen molar-refractivity contribution >= 4 is 11.7 Å². The lowest BCUT2D eigenvalue weighted by molar-refractivity contribution is -0.136. The topological polar surface area (TPSA) is 75.8 Å². The summed E-state index contributed by atoms with van der Waals surface area (Å²) in [6, 6.07) is 18.5. The third kappa shape index (κ3) is 5.17. The first-order valence-electron chi connectivity index (χ1n) is 12.3. The molecular formula is C29H31FN2O3. The summed E-state index contributed by atoms with van der Waals surface area (Å²) in [5.41, 5.74) is 10.7. The minimum Gasteiger partial charge on any atom is -0.489 e. The van der Waals surface area contributed by atoms with Crippen LogP contribution in [0, 0.1) is 11.2 Å².